The summed E-state index contributed by atoms with van der Waals surface area (Å²) in [6.07, 6.45) is 2.99. The second-order valence-electron chi connectivity index (χ2n) is 9.59. The van der Waals surface area contributed by atoms with E-state index in [-0.39, 0.29) is 11.8 Å². The molecule has 0 saturated carbocycles. The number of nitrogens with zero attached hydrogens (tertiary/aromatic N) is 5. The van der Waals surface area contributed by atoms with E-state index in [9.17, 15) is 14.9 Å². The largest absolute Gasteiger partial charge is 0.496 e. The first kappa shape index (κ1) is 26.1. The summed E-state index contributed by atoms with van der Waals surface area (Å²) in [6, 6.07) is 20.6. The number of hydrogen-bond acceptors (Lipinski definition) is 8. The summed E-state index contributed by atoms with van der Waals surface area (Å²) in [4.78, 5) is 41.7. The van der Waals surface area contributed by atoms with Gasteiger partial charge in [-0.1, -0.05) is 23.5 Å². The van der Waals surface area contributed by atoms with Gasteiger partial charge in [-0.2, -0.15) is 5.26 Å². The topological polar surface area (TPSA) is 121 Å². The number of carbonyl (C=O) groups excluding carboxylic acids is 2. The molecule has 0 radical (unpaired) electrons. The van der Waals surface area contributed by atoms with Crippen molar-refractivity contribution in [2.24, 2.45) is 0 Å². The highest BCUT2D eigenvalue weighted by molar-refractivity contribution is 7.22. The maximum Gasteiger partial charge on any atom is 0.259 e. The first-order chi connectivity index (χ1) is 19.9. The number of methoxy groups -OCH3 is 1. The number of nitriles is 1. The van der Waals surface area contributed by atoms with Crippen LogP contribution >= 0.6 is 11.3 Å². The molecule has 0 aliphatic carbocycles. The van der Waals surface area contributed by atoms with Gasteiger partial charge in [-0.05, 0) is 61.9 Å². The van der Waals surface area contributed by atoms with Gasteiger partial charge in [0.25, 0.3) is 5.91 Å². The molecular weight excluding hydrogens is 536 g/mol. The molecule has 2 aromatic carbocycles. The van der Waals surface area contributed by atoms with Crippen molar-refractivity contribution in [3.8, 4) is 34.2 Å². The van der Waals surface area contributed by atoms with Gasteiger partial charge in [0.05, 0.1) is 30.0 Å². The van der Waals surface area contributed by atoms with Crippen molar-refractivity contribution < 1.29 is 14.3 Å². The Morgan fingerprint density at radius 3 is 2.63 bits per heavy atom. The Balaban J connectivity index is 1.27. The van der Waals surface area contributed by atoms with Gasteiger partial charge in [0.1, 0.15) is 16.1 Å². The van der Waals surface area contributed by atoms with Crippen LogP contribution in [0.1, 0.15) is 34.5 Å². The smallest absolute Gasteiger partial charge is 0.259 e. The molecule has 1 N–H and O–H groups in total. The summed E-state index contributed by atoms with van der Waals surface area (Å²) < 4.78 is 5.52. The van der Waals surface area contributed by atoms with E-state index in [0.717, 1.165) is 35.6 Å². The molecule has 10 heteroatoms. The van der Waals surface area contributed by atoms with Crippen molar-refractivity contribution in [3.63, 3.8) is 0 Å². The van der Waals surface area contributed by atoms with Crippen LogP contribution in [0.5, 0.6) is 5.75 Å². The molecular formula is C31H24N6O3S. The highest BCUT2D eigenvalue weighted by Crippen LogP contribution is 2.35. The highest BCUT2D eigenvalue weighted by Gasteiger charge is 2.22. The van der Waals surface area contributed by atoms with E-state index in [1.165, 1.54) is 17.5 Å². The molecule has 3 aromatic heterocycles. The summed E-state index contributed by atoms with van der Waals surface area (Å²) in [5, 5.41) is 12.7. The van der Waals surface area contributed by atoms with E-state index in [2.05, 4.69) is 21.4 Å². The number of fused-ring (bicyclic) bond motifs is 1. The Bertz CT molecular complexity index is 1860. The average molecular weight is 561 g/mol. The monoisotopic (exact) mass is 560 g/mol. The Morgan fingerprint density at radius 2 is 1.90 bits per heavy atom. The van der Waals surface area contributed by atoms with Crippen LogP contribution in [-0.4, -0.2) is 40.4 Å². The molecule has 41 heavy (non-hydrogen) atoms. The first-order valence-corrected chi connectivity index (χ1v) is 13.8. The van der Waals surface area contributed by atoms with Gasteiger partial charge in [0.2, 0.25) is 5.91 Å². The van der Waals surface area contributed by atoms with Crippen LogP contribution in [0.15, 0.2) is 66.9 Å². The molecule has 5 aromatic rings. The third kappa shape index (κ3) is 5.11. The summed E-state index contributed by atoms with van der Waals surface area (Å²) in [5.74, 6) is 0.309. The molecule has 4 heterocycles. The van der Waals surface area contributed by atoms with Gasteiger partial charge in [-0.25, -0.2) is 9.97 Å². The lowest BCUT2D eigenvalue weighted by Gasteiger charge is -2.15. The van der Waals surface area contributed by atoms with Gasteiger partial charge in [-0.3, -0.25) is 19.9 Å². The van der Waals surface area contributed by atoms with Crippen LogP contribution in [-0.2, 0) is 4.79 Å². The molecule has 1 aliphatic rings. The molecule has 202 valence electrons. The summed E-state index contributed by atoms with van der Waals surface area (Å²) >= 11 is 1.28. The van der Waals surface area contributed by atoms with Crippen molar-refractivity contribution in [2.75, 3.05) is 23.9 Å². The third-order valence-corrected chi connectivity index (χ3v) is 7.81. The maximum absolute atomic E-state index is 13.5. The standard InChI is InChI=1S/C31H24N6O3S/c1-18-14-22(23-15-19(16-32)5-12-27(23)40-2)24(17-33-18)29(39)36-31-35-26-11-10-25(34-30(26)41-31)20-6-8-21(9-7-20)37-13-3-4-28(37)38/h5-12,14-15,17H,3-4,13H2,1-2H3,(H,35,36,39). The van der Waals surface area contributed by atoms with E-state index in [1.54, 1.807) is 31.4 Å². The van der Waals surface area contributed by atoms with Gasteiger partial charge in [0.15, 0.2) is 5.13 Å². The summed E-state index contributed by atoms with van der Waals surface area (Å²) in [7, 11) is 1.55. The lowest BCUT2D eigenvalue weighted by Crippen LogP contribution is -2.23. The molecule has 2 amide bonds. The van der Waals surface area contributed by atoms with Gasteiger partial charge < -0.3 is 9.64 Å². The van der Waals surface area contributed by atoms with E-state index in [1.807, 2.05) is 48.2 Å². The number of aromatic nitrogens is 3. The zero-order chi connectivity index (χ0) is 28.5. The Kier molecular flexibility index (Phi) is 6.87. The second kappa shape index (κ2) is 10.8. The Hall–Kier alpha value is -5.14. The van der Waals surface area contributed by atoms with Crippen LogP contribution < -0.4 is 15.0 Å². The first-order valence-electron chi connectivity index (χ1n) is 13.0. The van der Waals surface area contributed by atoms with Gasteiger partial charge in [-0.15, -0.1) is 0 Å². The average Bonchev–Trinajstić information content (AvgIpc) is 3.61. The molecule has 1 fully saturated rings. The fraction of sp³-hybridized carbons (Fsp3) is 0.161. The molecule has 0 atom stereocenters. The molecule has 0 bridgehead atoms. The van der Waals surface area contributed by atoms with Gasteiger partial charge >= 0.3 is 0 Å². The minimum absolute atomic E-state index is 0.153. The molecule has 9 nitrogen and oxygen atoms in total. The fourth-order valence-corrected chi connectivity index (χ4v) is 5.71. The maximum atomic E-state index is 13.5. The molecule has 6 rings (SSSR count). The Labute approximate surface area is 240 Å². The highest BCUT2D eigenvalue weighted by atomic mass is 32.1. The van der Waals surface area contributed by atoms with E-state index >= 15 is 0 Å². The van der Waals surface area contributed by atoms with Crippen molar-refractivity contribution in [3.05, 3.63) is 83.7 Å². The zero-order valence-corrected chi connectivity index (χ0v) is 23.2. The number of anilines is 2. The number of hydrogen-bond donors (Lipinski definition) is 1. The molecule has 1 aliphatic heterocycles. The summed E-state index contributed by atoms with van der Waals surface area (Å²) in [6.45, 7) is 2.58. The SMILES string of the molecule is COc1ccc(C#N)cc1-c1cc(C)ncc1C(=O)Nc1nc2ccc(-c3ccc(N4CCCC4=O)cc3)nc2s1. The van der Waals surface area contributed by atoms with Crippen LogP contribution in [0.25, 0.3) is 32.7 Å². The van der Waals surface area contributed by atoms with Crippen LogP contribution in [0, 0.1) is 18.3 Å². The number of benzene rings is 2. The second-order valence-corrected chi connectivity index (χ2v) is 10.6. The molecule has 0 spiro atoms. The van der Waals surface area contributed by atoms with Crippen LogP contribution in [0.3, 0.4) is 0 Å². The van der Waals surface area contributed by atoms with E-state index in [0.29, 0.717) is 49.9 Å². The van der Waals surface area contributed by atoms with E-state index < -0.39 is 0 Å². The number of rotatable bonds is 6. The van der Waals surface area contributed by atoms with Gasteiger partial charge in [0, 0.05) is 47.2 Å². The summed E-state index contributed by atoms with van der Waals surface area (Å²) in [5.41, 5.74) is 5.97. The number of thiazole rings is 1. The predicted molar refractivity (Wildman–Crippen MR) is 158 cm³/mol. The lowest BCUT2D eigenvalue weighted by atomic mass is 9.97. The number of pyridine rings is 2. The number of ether oxygens (including phenoxy) is 1. The predicted octanol–water partition coefficient (Wildman–Crippen LogP) is 5.99. The van der Waals surface area contributed by atoms with Crippen molar-refractivity contribution in [1.82, 2.24) is 15.0 Å². The lowest BCUT2D eigenvalue weighted by molar-refractivity contribution is -0.117. The number of nitrogens with one attached hydrogen (secondary N) is 1. The van der Waals surface area contributed by atoms with E-state index in [4.69, 9.17) is 9.72 Å². The zero-order valence-electron chi connectivity index (χ0n) is 22.3. The number of carbonyl (C=O) groups is 2. The Morgan fingerprint density at radius 1 is 1.07 bits per heavy atom. The minimum atomic E-state index is -0.386. The van der Waals surface area contributed by atoms with Crippen LogP contribution in [0.4, 0.5) is 10.8 Å². The molecule has 1 saturated heterocycles. The molecule has 0 unspecified atom stereocenters. The quantitative estimate of drug-likeness (QED) is 0.271. The van der Waals surface area contributed by atoms with Crippen LogP contribution in [0.2, 0.25) is 0 Å². The normalized spacial score (nSPS) is 12.9. The van der Waals surface area contributed by atoms with Crippen molar-refractivity contribution >= 4 is 44.3 Å². The van der Waals surface area contributed by atoms with Crippen molar-refractivity contribution in [2.45, 2.75) is 19.8 Å². The number of aryl methyl sites for hydroxylation is 1. The number of amides is 2. The minimum Gasteiger partial charge on any atom is -0.496 e. The third-order valence-electron chi connectivity index (χ3n) is 6.93. The van der Waals surface area contributed by atoms with Crippen molar-refractivity contribution in [1.29, 1.82) is 5.26 Å². The fourth-order valence-electron chi connectivity index (χ4n) is 4.88.